The fourth-order valence-corrected chi connectivity index (χ4v) is 3.02. The molecule has 1 N–H and O–H groups in total. The molecule has 122 valence electrons. The number of nitrogens with zero attached hydrogens (tertiary/aromatic N) is 5. The van der Waals surface area contributed by atoms with E-state index in [2.05, 4.69) is 30.4 Å². The van der Waals surface area contributed by atoms with Gasteiger partial charge in [-0.1, -0.05) is 11.3 Å². The van der Waals surface area contributed by atoms with Gasteiger partial charge < -0.3 is 15.0 Å². The largest absolute Gasteiger partial charge is 0.377 e. The highest BCUT2D eigenvalue weighted by Crippen LogP contribution is 2.23. The molecule has 0 bridgehead atoms. The second kappa shape index (κ2) is 7.42. The highest BCUT2D eigenvalue weighted by atomic mass is 32.1. The Balaban J connectivity index is 1.55. The van der Waals surface area contributed by atoms with Crippen molar-refractivity contribution in [3.8, 4) is 0 Å². The van der Waals surface area contributed by atoms with E-state index in [9.17, 15) is 4.79 Å². The number of piperidine rings is 1. The van der Waals surface area contributed by atoms with Crippen LogP contribution in [0.25, 0.3) is 0 Å². The molecular formula is C14H18N6O2S. The van der Waals surface area contributed by atoms with Gasteiger partial charge in [0.05, 0.1) is 0 Å². The van der Waals surface area contributed by atoms with Crippen LogP contribution >= 0.6 is 11.3 Å². The number of aromatic nitrogens is 4. The summed E-state index contributed by atoms with van der Waals surface area (Å²) in [5, 5.41) is 10.9. The van der Waals surface area contributed by atoms with Crippen LogP contribution in [0.1, 0.15) is 18.7 Å². The van der Waals surface area contributed by atoms with Gasteiger partial charge in [0.25, 0.3) is 0 Å². The Kier molecular flexibility index (Phi) is 5.09. The first-order valence-corrected chi connectivity index (χ1v) is 8.27. The molecule has 0 unspecified atom stereocenters. The highest BCUT2D eigenvalue weighted by Gasteiger charge is 2.26. The molecule has 1 fully saturated rings. The number of methoxy groups -OCH3 is 1. The lowest BCUT2D eigenvalue weighted by Gasteiger charge is -2.32. The second-order valence-electron chi connectivity index (χ2n) is 5.26. The number of carbonyl (C=O) groups excluding carboxylic acids is 1. The number of nitrogens with one attached hydrogen (secondary N) is 1. The number of rotatable bonds is 5. The average molecular weight is 334 g/mol. The van der Waals surface area contributed by atoms with Gasteiger partial charge in [-0.15, -0.1) is 10.2 Å². The zero-order valence-electron chi connectivity index (χ0n) is 12.8. The smallest absolute Gasteiger partial charge is 0.229 e. The second-order valence-corrected chi connectivity index (χ2v) is 6.09. The van der Waals surface area contributed by atoms with Crippen LogP contribution in [0.5, 0.6) is 0 Å². The Hall–Kier alpha value is -2.13. The van der Waals surface area contributed by atoms with Crippen LogP contribution in [0, 0.1) is 5.92 Å². The van der Waals surface area contributed by atoms with Gasteiger partial charge in [-0.25, -0.2) is 9.97 Å². The maximum atomic E-state index is 12.2. The molecule has 23 heavy (non-hydrogen) atoms. The van der Waals surface area contributed by atoms with E-state index in [0.29, 0.717) is 17.6 Å². The Labute approximate surface area is 137 Å². The topological polar surface area (TPSA) is 93.1 Å². The average Bonchev–Trinajstić information content (AvgIpc) is 3.08. The number of ether oxygens (including phenoxy) is 1. The van der Waals surface area contributed by atoms with E-state index >= 15 is 0 Å². The fraction of sp³-hybridized carbons (Fsp3) is 0.500. The summed E-state index contributed by atoms with van der Waals surface area (Å²) in [6, 6.07) is 1.89. The lowest BCUT2D eigenvalue weighted by Crippen LogP contribution is -2.38. The number of carbonyl (C=O) groups is 1. The summed E-state index contributed by atoms with van der Waals surface area (Å²) in [5.74, 6) is 1.57. The fourth-order valence-electron chi connectivity index (χ4n) is 2.57. The number of hydrogen-bond donors (Lipinski definition) is 1. The molecule has 2 aromatic heterocycles. The third-order valence-corrected chi connectivity index (χ3v) is 4.35. The minimum atomic E-state index is -0.00423. The van der Waals surface area contributed by atoms with Crippen LogP contribution in [0.2, 0.25) is 0 Å². The summed E-state index contributed by atoms with van der Waals surface area (Å²) in [5.41, 5.74) is 1.60. The SMILES string of the molecule is COCc1nccc(N2CCC(C(=O)Nc3nncs3)CC2)n1. The van der Waals surface area contributed by atoms with E-state index < -0.39 is 0 Å². The van der Waals surface area contributed by atoms with Gasteiger partial charge in [0.15, 0.2) is 5.82 Å². The van der Waals surface area contributed by atoms with Crippen LogP contribution in [0.15, 0.2) is 17.8 Å². The van der Waals surface area contributed by atoms with Crippen molar-refractivity contribution in [2.45, 2.75) is 19.4 Å². The van der Waals surface area contributed by atoms with Gasteiger partial charge in [-0.2, -0.15) is 0 Å². The molecule has 8 nitrogen and oxygen atoms in total. The van der Waals surface area contributed by atoms with Crippen molar-refractivity contribution in [1.29, 1.82) is 0 Å². The molecule has 0 atom stereocenters. The predicted molar refractivity (Wildman–Crippen MR) is 86.2 cm³/mol. The molecule has 0 spiro atoms. The lowest BCUT2D eigenvalue weighted by atomic mass is 9.96. The third kappa shape index (κ3) is 3.99. The number of anilines is 2. The van der Waals surface area contributed by atoms with E-state index in [1.165, 1.54) is 11.3 Å². The number of hydrogen-bond acceptors (Lipinski definition) is 8. The zero-order chi connectivity index (χ0) is 16.1. The zero-order valence-corrected chi connectivity index (χ0v) is 13.6. The van der Waals surface area contributed by atoms with E-state index in [0.717, 1.165) is 31.7 Å². The van der Waals surface area contributed by atoms with Crippen molar-refractivity contribution in [1.82, 2.24) is 20.2 Å². The molecule has 1 aliphatic rings. The van der Waals surface area contributed by atoms with Crippen LogP contribution in [0.3, 0.4) is 0 Å². The van der Waals surface area contributed by atoms with Gasteiger partial charge in [-0.3, -0.25) is 4.79 Å². The molecule has 1 amide bonds. The first-order valence-electron chi connectivity index (χ1n) is 7.39. The molecule has 1 aliphatic heterocycles. The Bertz CT molecular complexity index is 642. The van der Waals surface area contributed by atoms with Gasteiger partial charge in [0, 0.05) is 32.3 Å². The molecule has 3 heterocycles. The number of amides is 1. The van der Waals surface area contributed by atoms with Gasteiger partial charge in [0.1, 0.15) is 17.9 Å². The first-order chi connectivity index (χ1) is 11.3. The van der Waals surface area contributed by atoms with E-state index in [1.54, 1.807) is 18.8 Å². The molecule has 9 heteroatoms. The van der Waals surface area contributed by atoms with Crippen molar-refractivity contribution in [2.75, 3.05) is 30.4 Å². The molecule has 0 aromatic carbocycles. The van der Waals surface area contributed by atoms with Crippen molar-refractivity contribution in [3.63, 3.8) is 0 Å². The quantitative estimate of drug-likeness (QED) is 0.881. The van der Waals surface area contributed by atoms with Crippen molar-refractivity contribution >= 4 is 28.2 Å². The van der Waals surface area contributed by atoms with Gasteiger partial charge in [0.2, 0.25) is 11.0 Å². The summed E-state index contributed by atoms with van der Waals surface area (Å²) in [6.07, 6.45) is 3.31. The highest BCUT2D eigenvalue weighted by molar-refractivity contribution is 7.13. The minimum absolute atomic E-state index is 0.00423. The normalized spacial score (nSPS) is 15.6. The first kappa shape index (κ1) is 15.8. The van der Waals surface area contributed by atoms with Crippen molar-refractivity contribution < 1.29 is 9.53 Å². The molecule has 2 aromatic rings. The van der Waals surface area contributed by atoms with Crippen LogP contribution < -0.4 is 10.2 Å². The lowest BCUT2D eigenvalue weighted by molar-refractivity contribution is -0.120. The van der Waals surface area contributed by atoms with Crippen LogP contribution in [0.4, 0.5) is 10.9 Å². The summed E-state index contributed by atoms with van der Waals surface area (Å²) in [7, 11) is 1.62. The third-order valence-electron chi connectivity index (χ3n) is 3.74. The van der Waals surface area contributed by atoms with Crippen LogP contribution in [-0.2, 0) is 16.1 Å². The molecule has 1 saturated heterocycles. The Morgan fingerprint density at radius 3 is 3.00 bits per heavy atom. The summed E-state index contributed by atoms with van der Waals surface area (Å²) < 4.78 is 5.06. The minimum Gasteiger partial charge on any atom is -0.377 e. The predicted octanol–water partition coefficient (Wildman–Crippen LogP) is 1.33. The summed E-state index contributed by atoms with van der Waals surface area (Å²) in [4.78, 5) is 23.1. The molecular weight excluding hydrogens is 316 g/mol. The van der Waals surface area contributed by atoms with Gasteiger partial charge in [-0.05, 0) is 18.9 Å². The van der Waals surface area contributed by atoms with E-state index in [-0.39, 0.29) is 11.8 Å². The Morgan fingerprint density at radius 2 is 2.30 bits per heavy atom. The molecule has 0 saturated carbocycles. The summed E-state index contributed by atoms with van der Waals surface area (Å²) >= 11 is 1.33. The monoisotopic (exact) mass is 334 g/mol. The van der Waals surface area contributed by atoms with Crippen LogP contribution in [-0.4, -0.2) is 46.3 Å². The maximum absolute atomic E-state index is 12.2. The van der Waals surface area contributed by atoms with Crippen molar-refractivity contribution in [3.05, 3.63) is 23.6 Å². The molecule has 0 aliphatic carbocycles. The standard InChI is InChI=1S/C14H18N6O2S/c1-22-8-11-15-5-2-12(17-11)20-6-3-10(4-7-20)13(21)18-14-19-16-9-23-14/h2,5,9-10H,3-4,6-8H2,1H3,(H,18,19,21). The van der Waals surface area contributed by atoms with Crippen molar-refractivity contribution in [2.24, 2.45) is 5.92 Å². The Morgan fingerprint density at radius 1 is 1.48 bits per heavy atom. The summed E-state index contributed by atoms with van der Waals surface area (Å²) in [6.45, 7) is 1.98. The molecule has 0 radical (unpaired) electrons. The van der Waals surface area contributed by atoms with E-state index in [4.69, 9.17) is 4.74 Å². The van der Waals surface area contributed by atoms with E-state index in [1.807, 2.05) is 6.07 Å². The maximum Gasteiger partial charge on any atom is 0.229 e. The van der Waals surface area contributed by atoms with Gasteiger partial charge >= 0.3 is 0 Å². The molecule has 3 rings (SSSR count).